The molecule has 2 atom stereocenters. The van der Waals surface area contributed by atoms with E-state index in [-0.39, 0.29) is 0 Å². The van der Waals surface area contributed by atoms with Crippen molar-refractivity contribution in [1.29, 1.82) is 0 Å². The van der Waals surface area contributed by atoms with Crippen molar-refractivity contribution in [1.82, 2.24) is 20.1 Å². The van der Waals surface area contributed by atoms with Crippen LogP contribution in [-0.2, 0) is 13.0 Å². The molecule has 24 heavy (non-hydrogen) atoms. The molecule has 0 saturated carbocycles. The maximum atomic E-state index is 4.30. The monoisotopic (exact) mass is 318 g/mol. The number of nitrogens with one attached hydrogen (secondary N) is 1. The molecule has 0 spiro atoms. The fourth-order valence-corrected chi connectivity index (χ4v) is 3.66. The van der Waals surface area contributed by atoms with Crippen LogP contribution in [0.3, 0.4) is 0 Å². The Morgan fingerprint density at radius 1 is 1.17 bits per heavy atom. The van der Waals surface area contributed by atoms with Crippen LogP contribution in [0.1, 0.15) is 35.5 Å². The minimum atomic E-state index is 0.376. The van der Waals surface area contributed by atoms with Crippen molar-refractivity contribution < 1.29 is 0 Å². The second kappa shape index (κ2) is 6.21. The molecule has 0 fully saturated rings. The lowest BCUT2D eigenvalue weighted by atomic mass is 10.0. The molecular weight excluding hydrogens is 296 g/mol. The fourth-order valence-electron chi connectivity index (χ4n) is 3.66. The van der Waals surface area contributed by atoms with Crippen molar-refractivity contribution in [2.75, 3.05) is 0 Å². The van der Waals surface area contributed by atoms with Gasteiger partial charge in [0.1, 0.15) is 6.33 Å². The highest BCUT2D eigenvalue weighted by Crippen LogP contribution is 2.36. The van der Waals surface area contributed by atoms with Gasteiger partial charge < -0.3 is 5.32 Å². The summed E-state index contributed by atoms with van der Waals surface area (Å²) < 4.78 is 2.05. The molecule has 1 heterocycles. The first-order valence-electron chi connectivity index (χ1n) is 8.49. The average Bonchev–Trinajstić information content (AvgIpc) is 3.17. The SMILES string of the molecule is Cc1ccc2c(c1)[C@@H](NCc1nncn1-c1ccccc1)[C@@H](C)C2. The van der Waals surface area contributed by atoms with Crippen molar-refractivity contribution in [3.05, 3.63) is 77.4 Å². The van der Waals surface area contributed by atoms with Gasteiger partial charge in [-0.2, -0.15) is 0 Å². The van der Waals surface area contributed by atoms with Gasteiger partial charge in [0, 0.05) is 11.7 Å². The number of fused-ring (bicyclic) bond motifs is 1. The summed E-state index contributed by atoms with van der Waals surface area (Å²) >= 11 is 0. The van der Waals surface area contributed by atoms with Gasteiger partial charge in [0.25, 0.3) is 0 Å². The number of aryl methyl sites for hydroxylation is 1. The number of hydrogen-bond acceptors (Lipinski definition) is 3. The van der Waals surface area contributed by atoms with Crippen molar-refractivity contribution in [2.24, 2.45) is 5.92 Å². The highest BCUT2D eigenvalue weighted by molar-refractivity contribution is 5.38. The van der Waals surface area contributed by atoms with Crippen molar-refractivity contribution in [2.45, 2.75) is 32.9 Å². The van der Waals surface area contributed by atoms with Crippen LogP contribution < -0.4 is 5.32 Å². The molecule has 0 radical (unpaired) electrons. The molecule has 4 heteroatoms. The molecule has 3 aromatic rings. The van der Waals surface area contributed by atoms with Crippen molar-refractivity contribution in [3.63, 3.8) is 0 Å². The Morgan fingerprint density at radius 2 is 2.00 bits per heavy atom. The zero-order chi connectivity index (χ0) is 16.5. The van der Waals surface area contributed by atoms with E-state index >= 15 is 0 Å². The Morgan fingerprint density at radius 3 is 2.83 bits per heavy atom. The lowest BCUT2D eigenvalue weighted by Gasteiger charge is -2.19. The van der Waals surface area contributed by atoms with E-state index in [2.05, 4.69) is 59.7 Å². The van der Waals surface area contributed by atoms with Gasteiger partial charge in [0.15, 0.2) is 5.82 Å². The first kappa shape index (κ1) is 15.1. The molecule has 4 rings (SSSR count). The zero-order valence-electron chi connectivity index (χ0n) is 14.1. The van der Waals surface area contributed by atoms with Gasteiger partial charge in [-0.15, -0.1) is 10.2 Å². The summed E-state index contributed by atoms with van der Waals surface area (Å²) in [5.41, 5.74) is 5.32. The first-order valence-corrected chi connectivity index (χ1v) is 8.49. The van der Waals surface area contributed by atoms with Crippen LogP contribution in [0.15, 0.2) is 54.9 Å². The lowest BCUT2D eigenvalue weighted by Crippen LogP contribution is -2.25. The number of rotatable bonds is 4. The van der Waals surface area contributed by atoms with Gasteiger partial charge in [0.05, 0.1) is 6.54 Å². The summed E-state index contributed by atoms with van der Waals surface area (Å²) in [6, 6.07) is 17.4. The molecule has 122 valence electrons. The van der Waals surface area contributed by atoms with E-state index in [0.29, 0.717) is 18.5 Å². The molecule has 0 unspecified atom stereocenters. The largest absolute Gasteiger partial charge is 0.303 e. The van der Waals surface area contributed by atoms with Crippen LogP contribution in [0.4, 0.5) is 0 Å². The van der Waals surface area contributed by atoms with Gasteiger partial charge in [0.2, 0.25) is 0 Å². The Labute approximate surface area is 142 Å². The minimum absolute atomic E-state index is 0.376. The number of aromatic nitrogens is 3. The molecule has 0 saturated heterocycles. The van der Waals surface area contributed by atoms with E-state index in [1.165, 1.54) is 16.7 Å². The molecule has 0 bridgehead atoms. The summed E-state index contributed by atoms with van der Waals surface area (Å²) in [6.07, 6.45) is 2.92. The first-order chi connectivity index (χ1) is 11.7. The van der Waals surface area contributed by atoms with Gasteiger partial charge in [-0.25, -0.2) is 0 Å². The van der Waals surface area contributed by atoms with Crippen molar-refractivity contribution in [3.8, 4) is 5.69 Å². The smallest absolute Gasteiger partial charge is 0.151 e. The molecule has 2 aromatic carbocycles. The van der Waals surface area contributed by atoms with E-state index < -0.39 is 0 Å². The van der Waals surface area contributed by atoms with Crippen LogP contribution in [0.5, 0.6) is 0 Å². The quantitative estimate of drug-likeness (QED) is 0.799. The number of para-hydroxylation sites is 1. The van der Waals surface area contributed by atoms with Gasteiger partial charge >= 0.3 is 0 Å². The number of hydrogen-bond donors (Lipinski definition) is 1. The second-order valence-electron chi connectivity index (χ2n) is 6.69. The Bertz CT molecular complexity index is 838. The summed E-state index contributed by atoms with van der Waals surface area (Å²) in [5.74, 6) is 1.53. The lowest BCUT2D eigenvalue weighted by molar-refractivity contribution is 0.409. The predicted molar refractivity (Wildman–Crippen MR) is 95.0 cm³/mol. The highest BCUT2D eigenvalue weighted by atomic mass is 15.3. The fraction of sp³-hybridized carbons (Fsp3) is 0.300. The molecule has 1 aliphatic rings. The van der Waals surface area contributed by atoms with E-state index in [9.17, 15) is 0 Å². The maximum Gasteiger partial charge on any atom is 0.151 e. The van der Waals surface area contributed by atoms with Gasteiger partial charge in [-0.1, -0.05) is 48.9 Å². The molecule has 0 aliphatic heterocycles. The molecule has 4 nitrogen and oxygen atoms in total. The Balaban J connectivity index is 1.55. The predicted octanol–water partition coefficient (Wildman–Crippen LogP) is 3.60. The molecule has 1 aromatic heterocycles. The second-order valence-corrected chi connectivity index (χ2v) is 6.69. The van der Waals surface area contributed by atoms with Gasteiger partial charge in [-0.3, -0.25) is 4.57 Å². The van der Waals surface area contributed by atoms with Gasteiger partial charge in [-0.05, 0) is 42.5 Å². The van der Waals surface area contributed by atoms with E-state index in [4.69, 9.17) is 0 Å². The summed E-state index contributed by atoms with van der Waals surface area (Å²) in [5, 5.41) is 12.1. The minimum Gasteiger partial charge on any atom is -0.303 e. The summed E-state index contributed by atoms with van der Waals surface area (Å²) in [4.78, 5) is 0. The molecule has 0 amide bonds. The third-order valence-corrected chi connectivity index (χ3v) is 4.88. The van der Waals surface area contributed by atoms with Crippen LogP contribution in [0, 0.1) is 12.8 Å². The average molecular weight is 318 g/mol. The van der Waals surface area contributed by atoms with Crippen LogP contribution >= 0.6 is 0 Å². The standard InChI is InChI=1S/C20H22N4/c1-14-8-9-16-11-15(2)20(18(16)10-14)21-12-19-23-22-13-24(19)17-6-4-3-5-7-17/h3-10,13,15,20-21H,11-12H2,1-2H3/t15-,20-/m0/s1. The topological polar surface area (TPSA) is 42.7 Å². The summed E-state index contributed by atoms with van der Waals surface area (Å²) in [7, 11) is 0. The van der Waals surface area contributed by atoms with Crippen LogP contribution in [0.2, 0.25) is 0 Å². The van der Waals surface area contributed by atoms with E-state index in [1.807, 2.05) is 22.8 Å². The third-order valence-electron chi connectivity index (χ3n) is 4.88. The van der Waals surface area contributed by atoms with Crippen LogP contribution in [0.25, 0.3) is 5.69 Å². The maximum absolute atomic E-state index is 4.30. The zero-order valence-corrected chi connectivity index (χ0v) is 14.1. The molecule has 1 N–H and O–H groups in total. The normalized spacial score (nSPS) is 19.4. The highest BCUT2D eigenvalue weighted by Gasteiger charge is 2.29. The van der Waals surface area contributed by atoms with Crippen LogP contribution in [-0.4, -0.2) is 14.8 Å². The number of nitrogens with zero attached hydrogens (tertiary/aromatic N) is 3. The van der Waals surface area contributed by atoms with E-state index in [0.717, 1.165) is 17.9 Å². The Kier molecular flexibility index (Phi) is 3.90. The summed E-state index contributed by atoms with van der Waals surface area (Å²) in [6.45, 7) is 5.18. The van der Waals surface area contributed by atoms with Crippen molar-refractivity contribution >= 4 is 0 Å². The molecule has 1 aliphatic carbocycles. The Hall–Kier alpha value is -2.46. The number of benzene rings is 2. The van der Waals surface area contributed by atoms with E-state index in [1.54, 1.807) is 6.33 Å². The molecular formula is C20H22N4. The third kappa shape index (κ3) is 2.74.